The summed E-state index contributed by atoms with van der Waals surface area (Å²) in [6, 6.07) is 7.70. The summed E-state index contributed by atoms with van der Waals surface area (Å²) in [6.07, 6.45) is 7.85. The van der Waals surface area contributed by atoms with Crippen LogP contribution in [0.5, 0.6) is 0 Å². The molecule has 2 nitrogen and oxygen atoms in total. The smallest absolute Gasteiger partial charge is 0.0444 e. The second-order valence-corrected chi connectivity index (χ2v) is 6.98. The summed E-state index contributed by atoms with van der Waals surface area (Å²) in [5, 5.41) is 0. The summed E-state index contributed by atoms with van der Waals surface area (Å²) in [7, 11) is 0. The lowest BCUT2D eigenvalue weighted by Crippen LogP contribution is -2.56. The lowest BCUT2D eigenvalue weighted by molar-refractivity contribution is 0.0223. The van der Waals surface area contributed by atoms with E-state index in [1.54, 1.807) is 22.3 Å². The van der Waals surface area contributed by atoms with E-state index >= 15 is 0 Å². The second kappa shape index (κ2) is 4.11. The van der Waals surface area contributed by atoms with Crippen LogP contribution in [0.4, 0.5) is 0 Å². The number of fused-ring (bicyclic) bond motifs is 3. The molecule has 0 radical (unpaired) electrons. The highest BCUT2D eigenvalue weighted by atomic mass is 15.2. The van der Waals surface area contributed by atoms with E-state index < -0.39 is 0 Å². The Labute approximate surface area is 121 Å². The van der Waals surface area contributed by atoms with Gasteiger partial charge in [-0.15, -0.1) is 0 Å². The van der Waals surface area contributed by atoms with Crippen LogP contribution in [0.15, 0.2) is 24.4 Å². The maximum absolute atomic E-state index is 2.68. The zero-order chi connectivity index (χ0) is 13.1. The number of nitrogens with zero attached hydrogens (tertiary/aromatic N) is 2. The molecule has 0 spiro atoms. The van der Waals surface area contributed by atoms with E-state index in [1.165, 1.54) is 45.3 Å². The zero-order valence-corrected chi connectivity index (χ0v) is 12.0. The van der Waals surface area contributed by atoms with Crippen LogP contribution in [0, 0.1) is 5.92 Å². The van der Waals surface area contributed by atoms with Gasteiger partial charge < -0.3 is 9.80 Å². The van der Waals surface area contributed by atoms with Crippen molar-refractivity contribution in [3.05, 3.63) is 41.1 Å². The largest absolute Gasteiger partial charge is 0.368 e. The van der Waals surface area contributed by atoms with E-state index in [1.807, 2.05) is 0 Å². The number of piperidine rings is 3. The average Bonchev–Trinajstić information content (AvgIpc) is 2.93. The fraction of sp³-hybridized carbons (Fsp3) is 0.556. The van der Waals surface area contributed by atoms with Crippen LogP contribution in [-0.2, 0) is 13.0 Å². The molecule has 6 rings (SSSR count). The summed E-state index contributed by atoms with van der Waals surface area (Å²) in [6.45, 7) is 5.11. The first kappa shape index (κ1) is 11.4. The van der Waals surface area contributed by atoms with Gasteiger partial charge in [-0.05, 0) is 67.0 Å². The van der Waals surface area contributed by atoms with Crippen LogP contribution in [0.2, 0.25) is 0 Å². The van der Waals surface area contributed by atoms with E-state index in [0.29, 0.717) is 0 Å². The molecular formula is C18H22N2. The standard InChI is InChI=1S/C18H22N2/c1-2-14-4-5-16-11-20(10-15(3-1)18(14)16)17-12-19-8-6-13(17)7-9-19/h1-3,11,13,17H,4-10,12H2. The Kier molecular flexibility index (Phi) is 2.34. The number of hydrogen-bond acceptors (Lipinski definition) is 2. The van der Waals surface area contributed by atoms with Crippen molar-refractivity contribution in [1.82, 2.24) is 9.80 Å². The van der Waals surface area contributed by atoms with E-state index in [0.717, 1.165) is 18.5 Å². The molecule has 5 aliphatic rings. The quantitative estimate of drug-likeness (QED) is 0.771. The summed E-state index contributed by atoms with van der Waals surface area (Å²) in [5.41, 5.74) is 6.37. The van der Waals surface area contributed by atoms with Gasteiger partial charge >= 0.3 is 0 Å². The molecule has 4 aliphatic heterocycles. The highest BCUT2D eigenvalue weighted by Gasteiger charge is 2.38. The summed E-state index contributed by atoms with van der Waals surface area (Å²) >= 11 is 0. The van der Waals surface area contributed by atoms with Crippen LogP contribution in [0.1, 0.15) is 36.0 Å². The van der Waals surface area contributed by atoms with Crippen molar-refractivity contribution in [1.29, 1.82) is 0 Å². The van der Waals surface area contributed by atoms with Crippen LogP contribution < -0.4 is 0 Å². The van der Waals surface area contributed by atoms with Gasteiger partial charge in [0.05, 0.1) is 0 Å². The van der Waals surface area contributed by atoms with Gasteiger partial charge in [-0.2, -0.15) is 0 Å². The lowest BCUT2D eigenvalue weighted by Gasteiger charge is -2.49. The van der Waals surface area contributed by atoms with Gasteiger partial charge in [0.25, 0.3) is 0 Å². The Hall–Kier alpha value is -1.28. The number of aryl methyl sites for hydroxylation is 1. The molecule has 104 valence electrons. The molecular weight excluding hydrogens is 244 g/mol. The van der Waals surface area contributed by atoms with Crippen molar-refractivity contribution in [2.75, 3.05) is 19.6 Å². The minimum absolute atomic E-state index is 0.766. The molecule has 0 saturated carbocycles. The van der Waals surface area contributed by atoms with Crippen molar-refractivity contribution in [3.8, 4) is 0 Å². The van der Waals surface area contributed by atoms with Crippen molar-refractivity contribution >= 4 is 5.57 Å². The average molecular weight is 266 g/mol. The minimum Gasteiger partial charge on any atom is -0.368 e. The van der Waals surface area contributed by atoms with Crippen LogP contribution in [0.25, 0.3) is 5.57 Å². The molecule has 1 unspecified atom stereocenters. The van der Waals surface area contributed by atoms with Gasteiger partial charge in [-0.25, -0.2) is 0 Å². The van der Waals surface area contributed by atoms with Crippen molar-refractivity contribution in [2.45, 2.75) is 38.3 Å². The first-order valence-corrected chi connectivity index (χ1v) is 8.18. The molecule has 0 aromatic heterocycles. The highest BCUT2D eigenvalue weighted by molar-refractivity contribution is 5.76. The third kappa shape index (κ3) is 1.54. The van der Waals surface area contributed by atoms with Gasteiger partial charge in [-0.3, -0.25) is 0 Å². The fourth-order valence-corrected chi connectivity index (χ4v) is 4.89. The predicted molar refractivity (Wildman–Crippen MR) is 81.2 cm³/mol. The second-order valence-electron chi connectivity index (χ2n) is 6.98. The van der Waals surface area contributed by atoms with Gasteiger partial charge in [0.1, 0.15) is 0 Å². The maximum Gasteiger partial charge on any atom is 0.0444 e. The van der Waals surface area contributed by atoms with Crippen LogP contribution >= 0.6 is 0 Å². The number of rotatable bonds is 1. The molecule has 2 bridgehead atoms. The Morgan fingerprint density at radius 3 is 2.65 bits per heavy atom. The third-order valence-electron chi connectivity index (χ3n) is 5.94. The number of hydrogen-bond donors (Lipinski definition) is 0. The van der Waals surface area contributed by atoms with E-state index in [2.05, 4.69) is 34.2 Å². The Morgan fingerprint density at radius 1 is 1.00 bits per heavy atom. The first-order chi connectivity index (χ1) is 9.88. The molecule has 4 heterocycles. The van der Waals surface area contributed by atoms with Crippen molar-refractivity contribution < 1.29 is 0 Å². The van der Waals surface area contributed by atoms with Gasteiger partial charge in [0.15, 0.2) is 0 Å². The minimum atomic E-state index is 0.766. The normalized spacial score (nSPS) is 34.1. The Balaban J connectivity index is 1.51. The molecule has 3 fully saturated rings. The first-order valence-electron chi connectivity index (χ1n) is 8.18. The van der Waals surface area contributed by atoms with Crippen LogP contribution in [0.3, 0.4) is 0 Å². The Bertz CT molecular complexity index is 581. The molecule has 1 aromatic rings. The molecule has 1 aromatic carbocycles. The molecule has 3 saturated heterocycles. The van der Waals surface area contributed by atoms with Gasteiger partial charge in [0, 0.05) is 25.3 Å². The van der Waals surface area contributed by atoms with Crippen molar-refractivity contribution in [3.63, 3.8) is 0 Å². The summed E-state index contributed by atoms with van der Waals surface area (Å²) in [4.78, 5) is 5.35. The van der Waals surface area contributed by atoms with E-state index in [4.69, 9.17) is 0 Å². The molecule has 2 heteroatoms. The summed E-state index contributed by atoms with van der Waals surface area (Å²) in [5.74, 6) is 0.933. The lowest BCUT2D eigenvalue weighted by atomic mass is 9.82. The number of benzene rings is 1. The zero-order valence-electron chi connectivity index (χ0n) is 12.0. The van der Waals surface area contributed by atoms with E-state index in [9.17, 15) is 0 Å². The Morgan fingerprint density at radius 2 is 1.85 bits per heavy atom. The van der Waals surface area contributed by atoms with Crippen molar-refractivity contribution in [2.24, 2.45) is 5.92 Å². The van der Waals surface area contributed by atoms with Crippen LogP contribution in [-0.4, -0.2) is 35.5 Å². The van der Waals surface area contributed by atoms with Gasteiger partial charge in [0.2, 0.25) is 0 Å². The SMILES string of the molecule is C1=C2CCc3cccc(c32)CN1C1CN2CCC1CC2. The molecule has 1 aliphatic carbocycles. The maximum atomic E-state index is 2.68. The highest BCUT2D eigenvalue weighted by Crippen LogP contribution is 2.41. The van der Waals surface area contributed by atoms with E-state index in [-0.39, 0.29) is 0 Å². The third-order valence-corrected chi connectivity index (χ3v) is 5.94. The van der Waals surface area contributed by atoms with Gasteiger partial charge in [-0.1, -0.05) is 18.2 Å². The fourth-order valence-electron chi connectivity index (χ4n) is 4.89. The topological polar surface area (TPSA) is 6.48 Å². The molecule has 1 atom stereocenters. The number of allylic oxidation sites excluding steroid dienone is 1. The predicted octanol–water partition coefficient (Wildman–Crippen LogP) is 2.88. The summed E-state index contributed by atoms with van der Waals surface area (Å²) < 4.78 is 0. The molecule has 0 N–H and O–H groups in total. The molecule has 20 heavy (non-hydrogen) atoms. The monoisotopic (exact) mass is 266 g/mol. The molecule has 0 amide bonds.